The second kappa shape index (κ2) is 7.41. The molecule has 1 aliphatic rings. The topological polar surface area (TPSA) is 45.7 Å². The minimum atomic E-state index is 0.0944. The van der Waals surface area contributed by atoms with Crippen molar-refractivity contribution in [2.75, 3.05) is 33.9 Å². The maximum atomic E-state index is 12.6. The van der Waals surface area contributed by atoms with Crippen LogP contribution in [0.25, 0.3) is 0 Å². The van der Waals surface area contributed by atoms with Crippen molar-refractivity contribution in [3.05, 3.63) is 29.6 Å². The van der Waals surface area contributed by atoms with Gasteiger partial charge in [-0.15, -0.1) is 0 Å². The molecule has 5 heteroatoms. The highest BCUT2D eigenvalue weighted by molar-refractivity contribution is 5.75. The molecule has 2 heterocycles. The van der Waals surface area contributed by atoms with Gasteiger partial charge < -0.3 is 14.5 Å². The fraction of sp³-hybridized carbons (Fsp3) is 0.625. The van der Waals surface area contributed by atoms with E-state index in [4.69, 9.17) is 4.74 Å². The third-order valence-corrected chi connectivity index (χ3v) is 3.92. The molecule has 0 aliphatic carbocycles. The molecule has 1 fully saturated rings. The number of rotatable bonds is 5. The Balaban J connectivity index is 2.02. The number of urea groups is 1. The van der Waals surface area contributed by atoms with E-state index < -0.39 is 0 Å². The second-order valence-corrected chi connectivity index (χ2v) is 5.61. The van der Waals surface area contributed by atoms with Crippen molar-refractivity contribution < 1.29 is 9.53 Å². The molecule has 1 saturated heterocycles. The van der Waals surface area contributed by atoms with E-state index in [1.807, 2.05) is 37.1 Å². The molecule has 1 aromatic heterocycles. The number of ether oxygens (including phenoxy) is 1. The number of carbonyl (C=O) groups excluding carboxylic acids is 1. The highest BCUT2D eigenvalue weighted by Gasteiger charge is 2.32. The molecule has 5 nitrogen and oxygen atoms in total. The average molecular weight is 291 g/mol. The summed E-state index contributed by atoms with van der Waals surface area (Å²) in [6, 6.07) is 6.23. The zero-order valence-electron chi connectivity index (χ0n) is 13.2. The van der Waals surface area contributed by atoms with Gasteiger partial charge in [-0.05, 0) is 38.3 Å². The Kier molecular flexibility index (Phi) is 5.56. The molecule has 0 N–H and O–H groups in total. The summed E-state index contributed by atoms with van der Waals surface area (Å²) in [6.45, 7) is 4.20. The molecule has 1 atom stereocenters. The lowest BCUT2D eigenvalue weighted by molar-refractivity contribution is 0.146. The predicted molar refractivity (Wildman–Crippen MR) is 82.2 cm³/mol. The van der Waals surface area contributed by atoms with Gasteiger partial charge in [0.1, 0.15) is 0 Å². The minimum Gasteiger partial charge on any atom is -0.385 e. The van der Waals surface area contributed by atoms with Gasteiger partial charge in [0.25, 0.3) is 0 Å². The maximum Gasteiger partial charge on any atom is 0.320 e. The predicted octanol–water partition coefficient (Wildman–Crippen LogP) is 2.62. The van der Waals surface area contributed by atoms with E-state index in [0.717, 1.165) is 43.7 Å². The summed E-state index contributed by atoms with van der Waals surface area (Å²) in [4.78, 5) is 20.9. The summed E-state index contributed by atoms with van der Waals surface area (Å²) >= 11 is 0. The lowest BCUT2D eigenvalue weighted by Crippen LogP contribution is -2.41. The van der Waals surface area contributed by atoms with Crippen LogP contribution in [0.15, 0.2) is 18.2 Å². The summed E-state index contributed by atoms with van der Waals surface area (Å²) in [6.07, 6.45) is 2.89. The van der Waals surface area contributed by atoms with Crippen LogP contribution in [0.2, 0.25) is 0 Å². The van der Waals surface area contributed by atoms with Crippen molar-refractivity contribution in [2.24, 2.45) is 0 Å². The van der Waals surface area contributed by atoms with Crippen molar-refractivity contribution in [3.63, 3.8) is 0 Å². The number of carbonyl (C=O) groups is 1. The van der Waals surface area contributed by atoms with Gasteiger partial charge in [0.05, 0.1) is 11.7 Å². The number of hydrogen-bond donors (Lipinski definition) is 0. The van der Waals surface area contributed by atoms with E-state index in [0.29, 0.717) is 6.61 Å². The van der Waals surface area contributed by atoms with E-state index in [2.05, 4.69) is 4.98 Å². The number of aromatic nitrogens is 1. The standard InChI is InChI=1S/C16H25N3O2/c1-13-7-4-8-14(17-13)15-9-5-11-19(15)16(20)18(2)10-6-12-21-3/h4,7-8,15H,5-6,9-12H2,1-3H3/t15-/m1/s1. The lowest BCUT2D eigenvalue weighted by atomic mass is 10.1. The summed E-state index contributed by atoms with van der Waals surface area (Å²) in [7, 11) is 3.54. The van der Waals surface area contributed by atoms with Crippen molar-refractivity contribution in [1.82, 2.24) is 14.8 Å². The number of likely N-dealkylation sites (tertiary alicyclic amines) is 1. The van der Waals surface area contributed by atoms with Gasteiger partial charge in [0.15, 0.2) is 0 Å². The molecular weight excluding hydrogens is 266 g/mol. The zero-order valence-corrected chi connectivity index (χ0v) is 13.2. The van der Waals surface area contributed by atoms with Crippen LogP contribution >= 0.6 is 0 Å². The molecule has 21 heavy (non-hydrogen) atoms. The van der Waals surface area contributed by atoms with Crippen molar-refractivity contribution >= 4 is 6.03 Å². The SMILES string of the molecule is COCCCN(C)C(=O)N1CCC[C@@H]1c1cccc(C)n1. The molecule has 1 aliphatic heterocycles. The normalized spacial score (nSPS) is 18.0. The van der Waals surface area contributed by atoms with Gasteiger partial charge in [0, 0.05) is 39.5 Å². The molecule has 0 radical (unpaired) electrons. The number of methoxy groups -OCH3 is 1. The second-order valence-electron chi connectivity index (χ2n) is 5.61. The Labute approximate surface area is 126 Å². The molecule has 0 saturated carbocycles. The minimum absolute atomic E-state index is 0.0944. The summed E-state index contributed by atoms with van der Waals surface area (Å²) in [5, 5.41) is 0. The lowest BCUT2D eigenvalue weighted by Gasteiger charge is -2.29. The number of aryl methyl sites for hydroxylation is 1. The van der Waals surface area contributed by atoms with Gasteiger partial charge in [-0.1, -0.05) is 6.07 Å². The summed E-state index contributed by atoms with van der Waals surface area (Å²) in [5.41, 5.74) is 2.01. The molecule has 0 aromatic carbocycles. The highest BCUT2D eigenvalue weighted by atomic mass is 16.5. The van der Waals surface area contributed by atoms with E-state index in [1.54, 1.807) is 12.0 Å². The van der Waals surface area contributed by atoms with Crippen LogP contribution in [0.1, 0.15) is 36.7 Å². The number of hydrogen-bond acceptors (Lipinski definition) is 3. The first-order valence-corrected chi connectivity index (χ1v) is 7.57. The van der Waals surface area contributed by atoms with Crippen LogP contribution in [0.3, 0.4) is 0 Å². The molecule has 2 rings (SSSR count). The van der Waals surface area contributed by atoms with Crippen LogP contribution in [-0.4, -0.2) is 54.7 Å². The van der Waals surface area contributed by atoms with Gasteiger partial charge in [-0.2, -0.15) is 0 Å². The smallest absolute Gasteiger partial charge is 0.320 e. The maximum absolute atomic E-state index is 12.6. The van der Waals surface area contributed by atoms with E-state index in [9.17, 15) is 4.79 Å². The number of nitrogens with zero attached hydrogens (tertiary/aromatic N) is 3. The van der Waals surface area contributed by atoms with E-state index in [1.165, 1.54) is 0 Å². The molecular formula is C16H25N3O2. The molecule has 0 spiro atoms. The van der Waals surface area contributed by atoms with Crippen molar-refractivity contribution in [3.8, 4) is 0 Å². The van der Waals surface area contributed by atoms with Gasteiger partial charge in [-0.3, -0.25) is 4.98 Å². The Hall–Kier alpha value is -1.62. The van der Waals surface area contributed by atoms with E-state index >= 15 is 0 Å². The largest absolute Gasteiger partial charge is 0.385 e. The first-order valence-electron chi connectivity index (χ1n) is 7.57. The molecule has 0 bridgehead atoms. The average Bonchev–Trinajstić information content (AvgIpc) is 2.96. The Morgan fingerprint density at radius 3 is 3.05 bits per heavy atom. The van der Waals surface area contributed by atoms with Gasteiger partial charge in [0.2, 0.25) is 0 Å². The summed E-state index contributed by atoms with van der Waals surface area (Å²) in [5.74, 6) is 0. The van der Waals surface area contributed by atoms with Crippen LogP contribution in [0.4, 0.5) is 4.79 Å². The van der Waals surface area contributed by atoms with Crippen LogP contribution in [-0.2, 0) is 4.74 Å². The fourth-order valence-corrected chi connectivity index (χ4v) is 2.81. The number of pyridine rings is 1. The van der Waals surface area contributed by atoms with Gasteiger partial charge >= 0.3 is 6.03 Å². The monoisotopic (exact) mass is 291 g/mol. The third kappa shape index (κ3) is 3.94. The quantitative estimate of drug-likeness (QED) is 0.783. The highest BCUT2D eigenvalue weighted by Crippen LogP contribution is 2.31. The first kappa shape index (κ1) is 15.8. The van der Waals surface area contributed by atoms with E-state index in [-0.39, 0.29) is 12.1 Å². The van der Waals surface area contributed by atoms with Crippen LogP contribution in [0, 0.1) is 6.92 Å². The third-order valence-electron chi connectivity index (χ3n) is 3.92. The fourth-order valence-electron chi connectivity index (χ4n) is 2.81. The Morgan fingerprint density at radius 1 is 1.52 bits per heavy atom. The summed E-state index contributed by atoms with van der Waals surface area (Å²) < 4.78 is 5.04. The van der Waals surface area contributed by atoms with Crippen molar-refractivity contribution in [1.29, 1.82) is 0 Å². The Morgan fingerprint density at radius 2 is 2.33 bits per heavy atom. The zero-order chi connectivity index (χ0) is 15.2. The molecule has 0 unspecified atom stereocenters. The molecule has 1 aromatic rings. The number of amides is 2. The van der Waals surface area contributed by atoms with Crippen LogP contribution in [0.5, 0.6) is 0 Å². The first-order chi connectivity index (χ1) is 10.1. The Bertz CT molecular complexity index is 478. The van der Waals surface area contributed by atoms with Gasteiger partial charge in [-0.25, -0.2) is 4.79 Å². The molecule has 116 valence electrons. The molecule has 2 amide bonds. The van der Waals surface area contributed by atoms with Crippen LogP contribution < -0.4 is 0 Å². The van der Waals surface area contributed by atoms with Crippen molar-refractivity contribution in [2.45, 2.75) is 32.2 Å².